The van der Waals surface area contributed by atoms with Crippen LogP contribution in [0.15, 0.2) is 15.9 Å². The van der Waals surface area contributed by atoms with Gasteiger partial charge in [-0.1, -0.05) is 35.0 Å². The zero-order valence-electron chi connectivity index (χ0n) is 4.69. The maximum Gasteiger partial charge on any atom is 0.132 e. The molecule has 4 heteroatoms. The first-order valence-electron chi connectivity index (χ1n) is 2.59. The van der Waals surface area contributed by atoms with Crippen molar-refractivity contribution in [3.63, 3.8) is 0 Å². The molecule has 1 aromatic rings. The number of benzene rings is 1. The van der Waals surface area contributed by atoms with Crippen molar-refractivity contribution in [3.05, 3.63) is 16.1 Å². The molecule has 0 fully saturated rings. The topological polar surface area (TPSA) is 20.2 Å². The van der Waals surface area contributed by atoms with E-state index in [0.717, 1.165) is 9.79 Å². The molecule has 0 saturated carbocycles. The van der Waals surface area contributed by atoms with E-state index in [0.29, 0.717) is 10.0 Å². The smallest absolute Gasteiger partial charge is 0.132 e. The van der Waals surface area contributed by atoms with E-state index in [2.05, 4.69) is 0 Å². The fraction of sp³-hybridized carbons (Fsp3) is 0. The van der Waals surface area contributed by atoms with E-state index in [4.69, 9.17) is 28.3 Å². The molecule has 0 aliphatic carbocycles. The van der Waals surface area contributed by atoms with Gasteiger partial charge < -0.3 is 5.11 Å². The van der Waals surface area contributed by atoms with Crippen LogP contribution in [-0.4, -0.2) is 5.11 Å². The van der Waals surface area contributed by atoms with Gasteiger partial charge in [0.25, 0.3) is 0 Å². The van der Waals surface area contributed by atoms with E-state index < -0.39 is 0 Å². The number of hydrogen-bond acceptors (Lipinski definition) is 2. The van der Waals surface area contributed by atoms with Gasteiger partial charge in [0.15, 0.2) is 0 Å². The van der Waals surface area contributed by atoms with Crippen molar-refractivity contribution in [2.24, 2.45) is 0 Å². The molecule has 0 radical (unpaired) electrons. The highest BCUT2D eigenvalue weighted by Gasteiger charge is 2.28. The lowest BCUT2D eigenvalue weighted by Crippen LogP contribution is -1.65. The van der Waals surface area contributed by atoms with Crippen molar-refractivity contribution >= 4 is 35.0 Å². The molecule has 1 aliphatic rings. The summed E-state index contributed by atoms with van der Waals surface area (Å²) < 4.78 is 0. The van der Waals surface area contributed by atoms with Crippen molar-refractivity contribution in [2.75, 3.05) is 0 Å². The van der Waals surface area contributed by atoms with Gasteiger partial charge in [-0.25, -0.2) is 0 Å². The molecule has 52 valence electrons. The van der Waals surface area contributed by atoms with Gasteiger partial charge in [-0.2, -0.15) is 0 Å². The monoisotopic (exact) mass is 192 g/mol. The summed E-state index contributed by atoms with van der Waals surface area (Å²) in [6, 6.07) is 1.46. The van der Waals surface area contributed by atoms with Gasteiger partial charge in [-0.15, -0.1) is 0 Å². The third kappa shape index (κ3) is 0.797. The molecule has 1 aliphatic heterocycles. The molecule has 0 unspecified atom stereocenters. The van der Waals surface area contributed by atoms with Crippen LogP contribution >= 0.6 is 35.0 Å². The molecule has 1 heterocycles. The average molecular weight is 193 g/mol. The summed E-state index contributed by atoms with van der Waals surface area (Å²) in [7, 11) is 0. The van der Waals surface area contributed by atoms with Crippen LogP contribution in [0.1, 0.15) is 0 Å². The highest BCUT2D eigenvalue weighted by atomic mass is 35.5. The lowest BCUT2D eigenvalue weighted by molar-refractivity contribution is 0.462. The number of phenolic OH excluding ortho intramolecular Hbond substituents is 1. The molecule has 1 aromatic carbocycles. The predicted octanol–water partition coefficient (Wildman–Crippen LogP) is 3.16. The minimum absolute atomic E-state index is 0.231. The highest BCUT2D eigenvalue weighted by molar-refractivity contribution is 8.05. The van der Waals surface area contributed by atoms with Crippen molar-refractivity contribution in [1.29, 1.82) is 0 Å². The Morgan fingerprint density at radius 1 is 1.30 bits per heavy atom. The first kappa shape index (κ1) is 6.65. The summed E-state index contributed by atoms with van der Waals surface area (Å²) >= 11 is 12.8. The number of rotatable bonds is 0. The SMILES string of the molecule is Oc1cc(Cl)c(Cl)c2c1S2. The number of aromatic hydroxyl groups is 1. The van der Waals surface area contributed by atoms with Crippen molar-refractivity contribution in [3.8, 4) is 5.75 Å². The molecule has 10 heavy (non-hydrogen) atoms. The Morgan fingerprint density at radius 2 is 2.00 bits per heavy atom. The Kier molecular flexibility index (Phi) is 1.31. The number of halogens is 2. The Labute approximate surface area is 71.9 Å². The molecule has 0 bridgehead atoms. The Morgan fingerprint density at radius 3 is 2.70 bits per heavy atom. The van der Waals surface area contributed by atoms with Gasteiger partial charge >= 0.3 is 0 Å². The molecule has 1 N–H and O–H groups in total. The van der Waals surface area contributed by atoms with Crippen LogP contribution in [0.25, 0.3) is 0 Å². The van der Waals surface area contributed by atoms with Crippen LogP contribution in [0.2, 0.25) is 10.0 Å². The largest absolute Gasteiger partial charge is 0.507 e. The number of phenols is 1. The van der Waals surface area contributed by atoms with E-state index >= 15 is 0 Å². The minimum Gasteiger partial charge on any atom is -0.507 e. The van der Waals surface area contributed by atoms with Crippen LogP contribution < -0.4 is 0 Å². The van der Waals surface area contributed by atoms with Crippen LogP contribution in [0.3, 0.4) is 0 Å². The summed E-state index contributed by atoms with van der Waals surface area (Å²) in [6.45, 7) is 0. The summed E-state index contributed by atoms with van der Waals surface area (Å²) in [5.74, 6) is 0.231. The van der Waals surface area contributed by atoms with Crippen molar-refractivity contribution in [1.82, 2.24) is 0 Å². The van der Waals surface area contributed by atoms with E-state index in [-0.39, 0.29) is 5.75 Å². The van der Waals surface area contributed by atoms with Gasteiger partial charge in [0.1, 0.15) is 5.75 Å². The second-order valence-corrected chi connectivity index (χ2v) is 3.76. The zero-order valence-corrected chi connectivity index (χ0v) is 7.02. The third-order valence-electron chi connectivity index (χ3n) is 1.27. The Bertz CT molecular complexity index is 307. The van der Waals surface area contributed by atoms with E-state index in [1.54, 1.807) is 0 Å². The summed E-state index contributed by atoms with van der Waals surface area (Å²) in [6.07, 6.45) is 0. The maximum atomic E-state index is 9.11. The molecule has 0 spiro atoms. The van der Waals surface area contributed by atoms with Crippen molar-refractivity contribution < 1.29 is 5.11 Å². The molecule has 0 amide bonds. The van der Waals surface area contributed by atoms with Gasteiger partial charge in [0.2, 0.25) is 0 Å². The molecule has 0 atom stereocenters. The molecule has 1 nitrogen and oxygen atoms in total. The third-order valence-corrected chi connectivity index (χ3v) is 3.20. The fourth-order valence-electron chi connectivity index (χ4n) is 0.747. The molecule has 0 aromatic heterocycles. The van der Waals surface area contributed by atoms with Gasteiger partial charge in [0, 0.05) is 6.07 Å². The second-order valence-electron chi connectivity index (χ2n) is 1.95. The van der Waals surface area contributed by atoms with Gasteiger partial charge in [-0.05, 0) is 0 Å². The quantitative estimate of drug-likeness (QED) is 0.648. The fourth-order valence-corrected chi connectivity index (χ4v) is 2.04. The van der Waals surface area contributed by atoms with Crippen LogP contribution in [0, 0.1) is 0 Å². The number of hydrogen-bond donors (Lipinski definition) is 1. The molecule has 0 saturated heterocycles. The molecular weight excluding hydrogens is 191 g/mol. The molecular formula is C6H2Cl2OS. The number of fused-ring (bicyclic) bond motifs is 1. The summed E-state index contributed by atoms with van der Waals surface area (Å²) in [4.78, 5) is 1.76. The molecule has 2 rings (SSSR count). The average Bonchev–Trinajstić information content (AvgIpc) is 2.61. The lowest BCUT2D eigenvalue weighted by atomic mass is 10.3. The van der Waals surface area contributed by atoms with Crippen LogP contribution in [0.4, 0.5) is 0 Å². The highest BCUT2D eigenvalue weighted by Crippen LogP contribution is 2.59. The van der Waals surface area contributed by atoms with E-state index in [9.17, 15) is 0 Å². The summed E-state index contributed by atoms with van der Waals surface area (Å²) in [5.41, 5.74) is 0. The first-order valence-corrected chi connectivity index (χ1v) is 4.16. The van der Waals surface area contributed by atoms with Crippen LogP contribution in [-0.2, 0) is 0 Å². The second kappa shape index (κ2) is 1.97. The standard InChI is InChI=1S/C6H2Cl2OS/c7-2-1-3(9)5-6(10-5)4(2)8/h1,9H. The Balaban J connectivity index is 2.71. The lowest BCUT2D eigenvalue weighted by Gasteiger charge is -1.91. The minimum atomic E-state index is 0.231. The normalized spacial score (nSPS) is 13.0. The zero-order chi connectivity index (χ0) is 7.30. The van der Waals surface area contributed by atoms with E-state index in [1.807, 2.05) is 0 Å². The Hall–Kier alpha value is -0.0500. The maximum absolute atomic E-state index is 9.11. The van der Waals surface area contributed by atoms with Crippen LogP contribution in [0.5, 0.6) is 5.75 Å². The first-order chi connectivity index (χ1) is 4.70. The van der Waals surface area contributed by atoms with E-state index in [1.165, 1.54) is 17.8 Å². The van der Waals surface area contributed by atoms with Crippen molar-refractivity contribution in [2.45, 2.75) is 9.79 Å². The van der Waals surface area contributed by atoms with Gasteiger partial charge in [0.05, 0.1) is 19.8 Å². The summed E-state index contributed by atoms with van der Waals surface area (Å²) in [5, 5.41) is 10.1. The predicted molar refractivity (Wildman–Crippen MR) is 42.2 cm³/mol. The van der Waals surface area contributed by atoms with Gasteiger partial charge in [-0.3, -0.25) is 0 Å².